The Morgan fingerprint density at radius 3 is 2.64 bits per heavy atom. The van der Waals surface area contributed by atoms with Gasteiger partial charge in [-0.05, 0) is 18.4 Å². The van der Waals surface area contributed by atoms with Crippen LogP contribution in [0.2, 0.25) is 0 Å². The van der Waals surface area contributed by atoms with Crippen molar-refractivity contribution in [3.8, 4) is 5.75 Å². The fourth-order valence-electron chi connectivity index (χ4n) is 2.59. The average Bonchev–Trinajstić information content (AvgIpc) is 2.85. The van der Waals surface area contributed by atoms with E-state index in [2.05, 4.69) is 6.92 Å². The molecule has 1 aromatic heterocycles. The fourth-order valence-corrected chi connectivity index (χ4v) is 3.39. The van der Waals surface area contributed by atoms with Crippen LogP contribution >= 0.6 is 11.3 Å². The van der Waals surface area contributed by atoms with E-state index in [0.717, 1.165) is 16.5 Å². The first-order chi connectivity index (χ1) is 10.6. The quantitative estimate of drug-likeness (QED) is 0.543. The molecule has 3 aromatic rings. The summed E-state index contributed by atoms with van der Waals surface area (Å²) in [7, 11) is 1.62. The summed E-state index contributed by atoms with van der Waals surface area (Å²) in [5, 5.41) is 2.05. The number of rotatable bonds is 4. The van der Waals surface area contributed by atoms with Crippen LogP contribution in [0.3, 0.4) is 0 Å². The molecule has 3 rings (SSSR count). The summed E-state index contributed by atoms with van der Waals surface area (Å²) >= 11 is 1.66. The lowest BCUT2D eigenvalue weighted by Gasteiger charge is -2.10. The van der Waals surface area contributed by atoms with Crippen molar-refractivity contribution < 1.29 is 14.1 Å². The van der Waals surface area contributed by atoms with Crippen LogP contribution in [0.5, 0.6) is 5.75 Å². The van der Waals surface area contributed by atoms with Crippen molar-refractivity contribution in [1.82, 2.24) is 0 Å². The number of benzene rings is 2. The lowest BCUT2D eigenvalue weighted by atomic mass is 10.0. The van der Waals surface area contributed by atoms with Gasteiger partial charge >= 0.3 is 0 Å². The Morgan fingerprint density at radius 2 is 1.95 bits per heavy atom. The Kier molecular flexibility index (Phi) is 3.94. The first-order valence-electron chi connectivity index (χ1n) is 7.15. The topological polar surface area (TPSA) is 30.2 Å². The highest BCUT2D eigenvalue weighted by Crippen LogP contribution is 2.30. The summed E-state index contributed by atoms with van der Waals surface area (Å²) in [5.41, 5.74) is 3.77. The first-order valence-corrected chi connectivity index (χ1v) is 8.03. The molecule has 0 fully saturated rings. The SMILES string of the molecule is COc1c(C(=O)C[n+]2csc(C)c2C)ccc2ccccc12. The number of aromatic nitrogens is 1. The number of ketones is 1. The summed E-state index contributed by atoms with van der Waals surface area (Å²) in [5.74, 6) is 0.724. The zero-order valence-electron chi connectivity index (χ0n) is 12.9. The van der Waals surface area contributed by atoms with Gasteiger partial charge in [0.05, 0.1) is 17.6 Å². The fraction of sp³-hybridized carbons (Fsp3) is 0.222. The molecule has 3 nitrogen and oxygen atoms in total. The van der Waals surface area contributed by atoms with E-state index >= 15 is 0 Å². The van der Waals surface area contributed by atoms with Crippen LogP contribution in [0.15, 0.2) is 41.9 Å². The van der Waals surface area contributed by atoms with Crippen molar-refractivity contribution in [2.45, 2.75) is 20.4 Å². The molecule has 0 amide bonds. The second-order valence-electron chi connectivity index (χ2n) is 5.28. The van der Waals surface area contributed by atoms with Crippen LogP contribution in [-0.4, -0.2) is 12.9 Å². The van der Waals surface area contributed by atoms with Gasteiger partial charge in [-0.2, -0.15) is 4.57 Å². The number of thiazole rings is 1. The molecular formula is C18H18NO2S+. The maximum Gasteiger partial charge on any atom is 0.231 e. The van der Waals surface area contributed by atoms with E-state index in [9.17, 15) is 4.79 Å². The average molecular weight is 312 g/mol. The molecule has 0 atom stereocenters. The maximum atomic E-state index is 12.7. The van der Waals surface area contributed by atoms with Gasteiger partial charge in [0.15, 0.2) is 5.69 Å². The molecule has 22 heavy (non-hydrogen) atoms. The van der Waals surface area contributed by atoms with E-state index in [1.165, 1.54) is 4.88 Å². The van der Waals surface area contributed by atoms with Crippen LogP contribution in [0.1, 0.15) is 20.9 Å². The van der Waals surface area contributed by atoms with E-state index in [-0.39, 0.29) is 5.78 Å². The number of nitrogens with zero attached hydrogens (tertiary/aromatic N) is 1. The molecule has 0 aliphatic heterocycles. The number of Topliss-reactive ketones (excluding diaryl/α,β-unsaturated/α-hetero) is 1. The molecule has 0 N–H and O–H groups in total. The minimum absolute atomic E-state index is 0.0634. The molecular weight excluding hydrogens is 294 g/mol. The van der Waals surface area contributed by atoms with Gasteiger partial charge < -0.3 is 4.74 Å². The molecule has 0 radical (unpaired) electrons. The van der Waals surface area contributed by atoms with E-state index in [0.29, 0.717) is 17.9 Å². The number of fused-ring (bicyclic) bond motifs is 1. The molecule has 1 heterocycles. The third-order valence-electron chi connectivity index (χ3n) is 4.00. The molecule has 0 saturated heterocycles. The van der Waals surface area contributed by atoms with Crippen molar-refractivity contribution in [2.24, 2.45) is 0 Å². The predicted octanol–water partition coefficient (Wildman–Crippen LogP) is 3.70. The van der Waals surface area contributed by atoms with Gasteiger partial charge in [0.25, 0.3) is 0 Å². The molecule has 0 aliphatic rings. The number of ether oxygens (including phenoxy) is 1. The first kappa shape index (κ1) is 14.7. The molecule has 0 spiro atoms. The Labute approximate surface area is 133 Å². The van der Waals surface area contributed by atoms with Gasteiger partial charge in [-0.25, -0.2) is 0 Å². The second-order valence-corrected chi connectivity index (χ2v) is 6.34. The molecule has 4 heteroatoms. The highest BCUT2D eigenvalue weighted by Gasteiger charge is 2.21. The van der Waals surface area contributed by atoms with Gasteiger partial charge in [-0.1, -0.05) is 41.7 Å². The lowest BCUT2D eigenvalue weighted by molar-refractivity contribution is -0.684. The molecule has 0 aliphatic carbocycles. The summed E-state index contributed by atoms with van der Waals surface area (Å²) in [4.78, 5) is 13.9. The van der Waals surface area contributed by atoms with Crippen molar-refractivity contribution in [3.05, 3.63) is 58.0 Å². The summed E-state index contributed by atoms with van der Waals surface area (Å²) in [6.45, 7) is 4.44. The van der Waals surface area contributed by atoms with E-state index < -0.39 is 0 Å². The maximum absolute atomic E-state index is 12.7. The summed E-state index contributed by atoms with van der Waals surface area (Å²) in [6, 6.07) is 11.8. The summed E-state index contributed by atoms with van der Waals surface area (Å²) < 4.78 is 7.52. The van der Waals surface area contributed by atoms with Crippen molar-refractivity contribution in [3.63, 3.8) is 0 Å². The van der Waals surface area contributed by atoms with Crippen LogP contribution in [0.4, 0.5) is 0 Å². The third kappa shape index (κ3) is 2.50. The second kappa shape index (κ2) is 5.89. The van der Waals surface area contributed by atoms with Gasteiger partial charge in [-0.3, -0.25) is 4.79 Å². The van der Waals surface area contributed by atoms with Gasteiger partial charge in [0, 0.05) is 12.3 Å². The minimum Gasteiger partial charge on any atom is -0.495 e. The van der Waals surface area contributed by atoms with Crippen molar-refractivity contribution in [1.29, 1.82) is 0 Å². The standard InChI is InChI=1S/C18H18NO2S/c1-12-13(2)22-11-19(12)10-17(20)16-9-8-14-6-4-5-7-15(14)18(16)21-3/h4-9,11H,10H2,1-3H3/q+1. The Hall–Kier alpha value is -2.20. The zero-order chi connectivity index (χ0) is 15.7. The van der Waals surface area contributed by atoms with Crippen LogP contribution < -0.4 is 9.30 Å². The number of hydrogen-bond donors (Lipinski definition) is 0. The Bertz CT molecular complexity index is 851. The van der Waals surface area contributed by atoms with Gasteiger partial charge in [-0.15, -0.1) is 0 Å². The predicted molar refractivity (Wildman–Crippen MR) is 88.8 cm³/mol. The van der Waals surface area contributed by atoms with Crippen LogP contribution in [-0.2, 0) is 6.54 Å². The highest BCUT2D eigenvalue weighted by atomic mass is 32.1. The normalized spacial score (nSPS) is 10.9. The number of aryl methyl sites for hydroxylation is 1. The van der Waals surface area contributed by atoms with Gasteiger partial charge in [0.2, 0.25) is 17.8 Å². The smallest absolute Gasteiger partial charge is 0.231 e. The third-order valence-corrected chi connectivity index (χ3v) is 5.00. The highest BCUT2D eigenvalue weighted by molar-refractivity contribution is 7.09. The monoisotopic (exact) mass is 312 g/mol. The largest absolute Gasteiger partial charge is 0.495 e. The number of hydrogen-bond acceptors (Lipinski definition) is 3. The van der Waals surface area contributed by atoms with Gasteiger partial charge in [0.1, 0.15) is 5.75 Å². The van der Waals surface area contributed by atoms with Crippen LogP contribution in [0, 0.1) is 13.8 Å². The number of carbonyl (C=O) groups excluding carboxylic acids is 1. The number of methoxy groups -OCH3 is 1. The van der Waals surface area contributed by atoms with E-state index in [1.807, 2.05) is 53.4 Å². The minimum atomic E-state index is 0.0634. The zero-order valence-corrected chi connectivity index (χ0v) is 13.7. The van der Waals surface area contributed by atoms with Crippen LogP contribution in [0.25, 0.3) is 10.8 Å². The summed E-state index contributed by atoms with van der Waals surface area (Å²) in [6.07, 6.45) is 0. The molecule has 0 saturated carbocycles. The molecule has 2 aromatic carbocycles. The van der Waals surface area contributed by atoms with Crippen molar-refractivity contribution >= 4 is 27.9 Å². The van der Waals surface area contributed by atoms with Crippen molar-refractivity contribution in [2.75, 3.05) is 7.11 Å². The van der Waals surface area contributed by atoms with E-state index in [4.69, 9.17) is 4.74 Å². The van der Waals surface area contributed by atoms with E-state index in [1.54, 1.807) is 18.4 Å². The Morgan fingerprint density at radius 1 is 1.18 bits per heavy atom. The Balaban J connectivity index is 2.02. The number of carbonyl (C=O) groups is 1. The lowest BCUT2D eigenvalue weighted by Crippen LogP contribution is -2.38. The molecule has 0 unspecified atom stereocenters. The molecule has 112 valence electrons. The molecule has 0 bridgehead atoms.